The van der Waals surface area contributed by atoms with E-state index in [1.807, 2.05) is 30.3 Å². The number of halogens is 1. The van der Waals surface area contributed by atoms with E-state index in [4.69, 9.17) is 16.3 Å². The van der Waals surface area contributed by atoms with Gasteiger partial charge in [-0.05, 0) is 28.8 Å². The number of hydrogen-bond donors (Lipinski definition) is 0. The zero-order valence-electron chi connectivity index (χ0n) is 18.1. The van der Waals surface area contributed by atoms with E-state index in [0.29, 0.717) is 49.7 Å². The predicted molar refractivity (Wildman–Crippen MR) is 126 cm³/mol. The zero-order chi connectivity index (χ0) is 22.8. The number of aromatic nitrogens is 1. The number of carbonyl (C=O) groups excluding carboxylic acids is 2. The Hall–Kier alpha value is -3.38. The molecule has 0 aliphatic carbocycles. The Morgan fingerprint density at radius 3 is 2.45 bits per heavy atom. The maximum atomic E-state index is 12.8. The van der Waals surface area contributed by atoms with Gasteiger partial charge in [-0.15, -0.1) is 0 Å². The Balaban J connectivity index is 1.26. The molecule has 5 rings (SSSR count). The largest absolute Gasteiger partial charge is 0.441 e. The monoisotopic (exact) mass is 461 g/mol. The van der Waals surface area contributed by atoms with Crippen molar-refractivity contribution in [2.45, 2.75) is 25.0 Å². The van der Waals surface area contributed by atoms with Gasteiger partial charge < -0.3 is 9.64 Å². The number of piperidine rings is 1. The van der Waals surface area contributed by atoms with Crippen LogP contribution in [0, 0.1) is 0 Å². The van der Waals surface area contributed by atoms with Gasteiger partial charge >= 0.3 is 6.09 Å². The molecule has 2 fully saturated rings. The van der Waals surface area contributed by atoms with E-state index in [2.05, 4.69) is 29.2 Å². The highest BCUT2D eigenvalue weighted by Gasteiger charge is 2.47. The standard InChI is InChI=1S/C26H24ClN3O3/c27-23-11-10-20(16-28-23)24(31)29-14-12-26(13-15-29)18-30(25(32)33-26)17-21-8-4-5-9-22(21)19-6-2-1-3-7-19/h1-11,16H,12-15,17-18H2. The molecule has 0 atom stereocenters. The summed E-state index contributed by atoms with van der Waals surface area (Å²) in [6, 6.07) is 21.6. The van der Waals surface area contributed by atoms with E-state index in [0.717, 1.165) is 16.7 Å². The van der Waals surface area contributed by atoms with Gasteiger partial charge in [-0.2, -0.15) is 0 Å². The predicted octanol–water partition coefficient (Wildman–Crippen LogP) is 5.03. The van der Waals surface area contributed by atoms with Crippen LogP contribution in [0.2, 0.25) is 5.15 Å². The molecule has 2 aliphatic rings. The highest BCUT2D eigenvalue weighted by Crippen LogP contribution is 2.35. The van der Waals surface area contributed by atoms with Crippen LogP contribution in [0.1, 0.15) is 28.8 Å². The number of carbonyl (C=O) groups is 2. The summed E-state index contributed by atoms with van der Waals surface area (Å²) >= 11 is 5.82. The second-order valence-corrected chi connectivity index (χ2v) is 8.98. The summed E-state index contributed by atoms with van der Waals surface area (Å²) < 4.78 is 5.89. The zero-order valence-corrected chi connectivity index (χ0v) is 18.9. The minimum Gasteiger partial charge on any atom is -0.441 e. The van der Waals surface area contributed by atoms with Crippen LogP contribution in [0.3, 0.4) is 0 Å². The average molecular weight is 462 g/mol. The van der Waals surface area contributed by atoms with E-state index in [-0.39, 0.29) is 12.0 Å². The summed E-state index contributed by atoms with van der Waals surface area (Å²) in [4.78, 5) is 33.1. The first-order valence-corrected chi connectivity index (χ1v) is 11.4. The molecule has 7 heteroatoms. The Kier molecular flexibility index (Phi) is 5.77. The van der Waals surface area contributed by atoms with E-state index < -0.39 is 5.60 Å². The Morgan fingerprint density at radius 1 is 1.00 bits per heavy atom. The van der Waals surface area contributed by atoms with Crippen molar-refractivity contribution >= 4 is 23.6 Å². The lowest BCUT2D eigenvalue weighted by Crippen LogP contribution is -2.48. The van der Waals surface area contributed by atoms with E-state index in [9.17, 15) is 9.59 Å². The number of rotatable bonds is 4. The fourth-order valence-corrected chi connectivity index (χ4v) is 4.75. The number of likely N-dealkylation sites (tertiary alicyclic amines) is 1. The molecule has 2 amide bonds. The van der Waals surface area contributed by atoms with E-state index >= 15 is 0 Å². The van der Waals surface area contributed by atoms with Crippen LogP contribution >= 0.6 is 11.6 Å². The second-order valence-electron chi connectivity index (χ2n) is 8.59. The van der Waals surface area contributed by atoms with Crippen LogP contribution in [-0.2, 0) is 11.3 Å². The van der Waals surface area contributed by atoms with Crippen molar-refractivity contribution < 1.29 is 14.3 Å². The first-order valence-electron chi connectivity index (χ1n) is 11.1. The fraction of sp³-hybridized carbons (Fsp3) is 0.269. The van der Waals surface area contributed by atoms with Crippen LogP contribution in [0.5, 0.6) is 0 Å². The molecule has 0 unspecified atom stereocenters. The first-order chi connectivity index (χ1) is 16.0. The third-order valence-corrected chi connectivity index (χ3v) is 6.66. The number of amides is 2. The van der Waals surface area contributed by atoms with Gasteiger partial charge in [0.25, 0.3) is 5.91 Å². The number of ether oxygens (including phenoxy) is 1. The molecule has 2 aliphatic heterocycles. The topological polar surface area (TPSA) is 62.7 Å². The lowest BCUT2D eigenvalue weighted by Gasteiger charge is -2.37. The molecule has 6 nitrogen and oxygen atoms in total. The van der Waals surface area contributed by atoms with Crippen LogP contribution in [0.15, 0.2) is 72.9 Å². The molecule has 2 aromatic carbocycles. The van der Waals surface area contributed by atoms with Crippen molar-refractivity contribution in [2.24, 2.45) is 0 Å². The minimum absolute atomic E-state index is 0.0769. The van der Waals surface area contributed by atoms with Crippen LogP contribution < -0.4 is 0 Å². The maximum Gasteiger partial charge on any atom is 0.410 e. The van der Waals surface area contributed by atoms with Crippen molar-refractivity contribution in [3.63, 3.8) is 0 Å². The SMILES string of the molecule is O=C1OC2(CCN(C(=O)c3ccc(Cl)nc3)CC2)CN1Cc1ccccc1-c1ccccc1. The maximum absolute atomic E-state index is 12.8. The summed E-state index contributed by atoms with van der Waals surface area (Å²) in [7, 11) is 0. The van der Waals surface area contributed by atoms with Crippen molar-refractivity contribution in [3.8, 4) is 11.1 Å². The van der Waals surface area contributed by atoms with Crippen LogP contribution in [0.4, 0.5) is 4.79 Å². The van der Waals surface area contributed by atoms with Crippen molar-refractivity contribution in [1.29, 1.82) is 0 Å². The Morgan fingerprint density at radius 2 is 1.73 bits per heavy atom. The highest BCUT2D eigenvalue weighted by molar-refractivity contribution is 6.29. The fourth-order valence-electron chi connectivity index (χ4n) is 4.64. The van der Waals surface area contributed by atoms with Gasteiger partial charge in [0.05, 0.1) is 12.1 Å². The van der Waals surface area contributed by atoms with Gasteiger partial charge in [0.2, 0.25) is 0 Å². The van der Waals surface area contributed by atoms with Gasteiger partial charge in [0.1, 0.15) is 10.8 Å². The molecule has 0 bridgehead atoms. The quantitative estimate of drug-likeness (QED) is 0.511. The van der Waals surface area contributed by atoms with Gasteiger partial charge in [-0.3, -0.25) is 9.69 Å². The summed E-state index contributed by atoms with van der Waals surface area (Å²) in [5, 5.41) is 0.357. The van der Waals surface area contributed by atoms with Gasteiger partial charge in [0, 0.05) is 38.7 Å². The van der Waals surface area contributed by atoms with Crippen molar-refractivity contribution in [2.75, 3.05) is 19.6 Å². The smallest absolute Gasteiger partial charge is 0.410 e. The van der Waals surface area contributed by atoms with Crippen molar-refractivity contribution in [1.82, 2.24) is 14.8 Å². The molecular weight excluding hydrogens is 438 g/mol. The molecule has 1 aromatic heterocycles. The van der Waals surface area contributed by atoms with Gasteiger partial charge in [-0.25, -0.2) is 9.78 Å². The lowest BCUT2D eigenvalue weighted by atomic mass is 9.90. The van der Waals surface area contributed by atoms with Gasteiger partial charge in [0.15, 0.2) is 0 Å². The summed E-state index contributed by atoms with van der Waals surface area (Å²) in [5.74, 6) is -0.0769. The number of benzene rings is 2. The van der Waals surface area contributed by atoms with Crippen molar-refractivity contribution in [3.05, 3.63) is 89.2 Å². The molecular formula is C26H24ClN3O3. The molecule has 0 saturated carbocycles. The molecule has 168 valence electrons. The molecule has 3 heterocycles. The highest BCUT2D eigenvalue weighted by atomic mass is 35.5. The third-order valence-electron chi connectivity index (χ3n) is 6.44. The summed E-state index contributed by atoms with van der Waals surface area (Å²) in [5.41, 5.74) is 3.29. The second kappa shape index (κ2) is 8.87. The Bertz CT molecular complexity index is 1160. The molecule has 1 spiro atoms. The number of hydrogen-bond acceptors (Lipinski definition) is 4. The minimum atomic E-state index is -0.548. The molecule has 33 heavy (non-hydrogen) atoms. The van der Waals surface area contributed by atoms with E-state index in [1.165, 1.54) is 6.20 Å². The first kappa shape index (κ1) is 21.5. The molecule has 0 N–H and O–H groups in total. The molecule has 0 radical (unpaired) electrons. The van der Waals surface area contributed by atoms with Crippen LogP contribution in [-0.4, -0.2) is 52.0 Å². The van der Waals surface area contributed by atoms with Gasteiger partial charge in [-0.1, -0.05) is 66.2 Å². The number of pyridine rings is 1. The normalized spacial score (nSPS) is 17.3. The number of nitrogens with zero attached hydrogens (tertiary/aromatic N) is 3. The molecule has 2 saturated heterocycles. The lowest BCUT2D eigenvalue weighted by molar-refractivity contribution is 0.00312. The molecule has 3 aromatic rings. The van der Waals surface area contributed by atoms with E-state index in [1.54, 1.807) is 21.9 Å². The summed E-state index contributed by atoms with van der Waals surface area (Å²) in [6.45, 7) is 2.08. The average Bonchev–Trinajstić information content (AvgIpc) is 3.14. The van der Waals surface area contributed by atoms with Crippen LogP contribution in [0.25, 0.3) is 11.1 Å². The Labute approximate surface area is 197 Å². The third kappa shape index (κ3) is 4.44. The summed E-state index contributed by atoms with van der Waals surface area (Å²) in [6.07, 6.45) is 2.43.